The summed E-state index contributed by atoms with van der Waals surface area (Å²) in [6.45, 7) is 1.46. The molecule has 0 radical (unpaired) electrons. The van der Waals surface area contributed by atoms with Gasteiger partial charge in [0, 0.05) is 30.9 Å². The molecule has 5 rings (SSSR count). The van der Waals surface area contributed by atoms with E-state index in [-0.39, 0.29) is 0 Å². The maximum absolute atomic E-state index is 4.77. The van der Waals surface area contributed by atoms with Crippen molar-refractivity contribution in [3.8, 4) is 11.4 Å². The molecule has 30 heavy (non-hydrogen) atoms. The Morgan fingerprint density at radius 1 is 0.833 bits per heavy atom. The molecule has 0 unspecified atom stereocenters. The van der Waals surface area contributed by atoms with E-state index in [2.05, 4.69) is 38.5 Å². The van der Waals surface area contributed by atoms with Crippen LogP contribution in [0.2, 0.25) is 0 Å². The predicted molar refractivity (Wildman–Crippen MR) is 116 cm³/mol. The molecule has 7 nitrogen and oxygen atoms in total. The van der Waals surface area contributed by atoms with Crippen LogP contribution in [0.15, 0.2) is 85.2 Å². The molecule has 0 N–H and O–H groups in total. The third kappa shape index (κ3) is 3.65. The van der Waals surface area contributed by atoms with Gasteiger partial charge in [-0.2, -0.15) is 9.61 Å². The molecule has 0 fully saturated rings. The molecule has 0 spiro atoms. The molecule has 0 bridgehead atoms. The van der Waals surface area contributed by atoms with E-state index in [4.69, 9.17) is 5.10 Å². The molecule has 0 saturated heterocycles. The summed E-state index contributed by atoms with van der Waals surface area (Å²) in [4.78, 5) is 2.10. The quantitative estimate of drug-likeness (QED) is 0.439. The van der Waals surface area contributed by atoms with Crippen LogP contribution in [0.25, 0.3) is 17.0 Å². The molecule has 7 heteroatoms. The molecule has 2 aromatic carbocycles. The highest BCUT2D eigenvalue weighted by Crippen LogP contribution is 2.19. The van der Waals surface area contributed by atoms with Gasteiger partial charge in [-0.3, -0.25) is 4.68 Å². The van der Waals surface area contributed by atoms with Crippen LogP contribution < -0.4 is 4.90 Å². The Labute approximate surface area is 174 Å². The minimum absolute atomic E-state index is 0.704. The van der Waals surface area contributed by atoms with Crippen LogP contribution in [0.3, 0.4) is 0 Å². The first-order valence-electron chi connectivity index (χ1n) is 9.80. The summed E-state index contributed by atoms with van der Waals surface area (Å²) in [5, 5.41) is 17.8. The second kappa shape index (κ2) is 7.79. The summed E-state index contributed by atoms with van der Waals surface area (Å²) in [6.07, 6.45) is 3.99. The van der Waals surface area contributed by atoms with Crippen LogP contribution in [0.1, 0.15) is 11.1 Å². The fourth-order valence-electron chi connectivity index (χ4n) is 3.45. The first-order valence-corrected chi connectivity index (χ1v) is 9.80. The number of hydrogen-bond donors (Lipinski definition) is 0. The second-order valence-electron chi connectivity index (χ2n) is 7.24. The summed E-state index contributed by atoms with van der Waals surface area (Å²) in [6, 6.07) is 24.2. The van der Waals surface area contributed by atoms with Gasteiger partial charge in [0.1, 0.15) is 5.82 Å². The molecule has 5 aromatic rings. The number of hydrogen-bond acceptors (Lipinski definition) is 5. The third-order valence-corrected chi connectivity index (χ3v) is 4.97. The highest BCUT2D eigenvalue weighted by atomic mass is 15.4. The number of benzene rings is 2. The lowest BCUT2D eigenvalue weighted by molar-refractivity contribution is 0.686. The molecule has 148 valence electrons. The van der Waals surface area contributed by atoms with Crippen molar-refractivity contribution in [1.82, 2.24) is 29.6 Å². The van der Waals surface area contributed by atoms with Gasteiger partial charge in [0.25, 0.3) is 0 Å². The van der Waals surface area contributed by atoms with Crippen molar-refractivity contribution in [3.05, 3.63) is 96.3 Å². The topological polar surface area (TPSA) is 64.1 Å². The van der Waals surface area contributed by atoms with Crippen molar-refractivity contribution in [2.45, 2.75) is 13.1 Å². The fraction of sp³-hybridized carbons (Fsp3) is 0.130. The van der Waals surface area contributed by atoms with E-state index >= 15 is 0 Å². The van der Waals surface area contributed by atoms with Crippen molar-refractivity contribution < 1.29 is 0 Å². The van der Waals surface area contributed by atoms with E-state index in [1.54, 1.807) is 4.52 Å². The van der Waals surface area contributed by atoms with Crippen LogP contribution in [0, 0.1) is 0 Å². The standard InChI is InChI=1S/C23H21N7/c1-28(15-19-14-24-29(17-19)16-18-8-4-2-5-9-18)22-13-12-21-25-26-23(30(21)27-22)20-10-6-3-7-11-20/h2-14,17H,15-16H2,1H3. The summed E-state index contributed by atoms with van der Waals surface area (Å²) in [5.41, 5.74) is 4.07. The molecular weight excluding hydrogens is 374 g/mol. The van der Waals surface area contributed by atoms with Crippen LogP contribution in [-0.2, 0) is 13.1 Å². The first kappa shape index (κ1) is 18.1. The molecule has 0 saturated carbocycles. The largest absolute Gasteiger partial charge is 0.354 e. The van der Waals surface area contributed by atoms with E-state index in [1.165, 1.54) is 5.56 Å². The van der Waals surface area contributed by atoms with Crippen molar-refractivity contribution in [3.63, 3.8) is 0 Å². The molecule has 0 aliphatic rings. The lowest BCUT2D eigenvalue weighted by Gasteiger charge is -2.17. The Morgan fingerprint density at radius 3 is 2.40 bits per heavy atom. The smallest absolute Gasteiger partial charge is 0.185 e. The average molecular weight is 395 g/mol. The molecular formula is C23H21N7. The maximum Gasteiger partial charge on any atom is 0.185 e. The number of anilines is 1. The van der Waals surface area contributed by atoms with Crippen LogP contribution in [0.4, 0.5) is 5.82 Å². The Morgan fingerprint density at radius 2 is 1.60 bits per heavy atom. The molecule has 3 aromatic heterocycles. The van der Waals surface area contributed by atoms with Gasteiger partial charge in [-0.15, -0.1) is 15.3 Å². The van der Waals surface area contributed by atoms with Gasteiger partial charge >= 0.3 is 0 Å². The average Bonchev–Trinajstić information content (AvgIpc) is 3.41. The normalized spacial score (nSPS) is 11.1. The first-order chi connectivity index (χ1) is 14.8. The lowest BCUT2D eigenvalue weighted by atomic mass is 10.2. The van der Waals surface area contributed by atoms with Gasteiger partial charge in [-0.05, 0) is 17.7 Å². The van der Waals surface area contributed by atoms with E-state index in [0.29, 0.717) is 6.54 Å². The van der Waals surface area contributed by atoms with Crippen LogP contribution in [0.5, 0.6) is 0 Å². The van der Waals surface area contributed by atoms with Crippen molar-refractivity contribution in [1.29, 1.82) is 0 Å². The predicted octanol–water partition coefficient (Wildman–Crippen LogP) is 3.67. The van der Waals surface area contributed by atoms with E-state index in [1.807, 2.05) is 78.6 Å². The van der Waals surface area contributed by atoms with Crippen molar-refractivity contribution in [2.24, 2.45) is 0 Å². The fourth-order valence-corrected chi connectivity index (χ4v) is 3.45. The molecule has 3 heterocycles. The number of rotatable bonds is 6. The van der Waals surface area contributed by atoms with E-state index in [0.717, 1.165) is 35.0 Å². The summed E-state index contributed by atoms with van der Waals surface area (Å²) < 4.78 is 3.75. The third-order valence-electron chi connectivity index (χ3n) is 4.97. The zero-order valence-corrected chi connectivity index (χ0v) is 16.6. The number of aromatic nitrogens is 6. The Hall–Kier alpha value is -4.00. The van der Waals surface area contributed by atoms with Gasteiger partial charge in [0.05, 0.1) is 12.7 Å². The Kier molecular flexibility index (Phi) is 4.69. The van der Waals surface area contributed by atoms with Gasteiger partial charge < -0.3 is 4.90 Å². The minimum atomic E-state index is 0.704. The van der Waals surface area contributed by atoms with Gasteiger partial charge in [-0.25, -0.2) is 0 Å². The zero-order chi connectivity index (χ0) is 20.3. The number of nitrogens with zero attached hydrogens (tertiary/aromatic N) is 7. The Bertz CT molecular complexity index is 1260. The zero-order valence-electron chi connectivity index (χ0n) is 16.6. The maximum atomic E-state index is 4.77. The molecule has 0 aliphatic carbocycles. The van der Waals surface area contributed by atoms with Crippen LogP contribution >= 0.6 is 0 Å². The lowest BCUT2D eigenvalue weighted by Crippen LogP contribution is -2.18. The summed E-state index contributed by atoms with van der Waals surface area (Å²) >= 11 is 0. The van der Waals surface area contributed by atoms with Crippen LogP contribution in [-0.4, -0.2) is 36.6 Å². The highest BCUT2D eigenvalue weighted by Gasteiger charge is 2.12. The van der Waals surface area contributed by atoms with E-state index < -0.39 is 0 Å². The monoisotopic (exact) mass is 395 g/mol. The molecule has 0 amide bonds. The molecule has 0 aliphatic heterocycles. The molecule has 0 atom stereocenters. The number of fused-ring (bicyclic) bond motifs is 1. The SMILES string of the molecule is CN(Cc1cnn(Cc2ccccc2)c1)c1ccc2nnc(-c3ccccc3)n2n1. The highest BCUT2D eigenvalue weighted by molar-refractivity contribution is 5.59. The second-order valence-corrected chi connectivity index (χ2v) is 7.24. The van der Waals surface area contributed by atoms with E-state index in [9.17, 15) is 0 Å². The van der Waals surface area contributed by atoms with Gasteiger partial charge in [0.15, 0.2) is 11.5 Å². The van der Waals surface area contributed by atoms with Crippen molar-refractivity contribution in [2.75, 3.05) is 11.9 Å². The Balaban J connectivity index is 1.36. The van der Waals surface area contributed by atoms with Gasteiger partial charge in [-0.1, -0.05) is 60.7 Å². The minimum Gasteiger partial charge on any atom is -0.354 e. The van der Waals surface area contributed by atoms with Crippen molar-refractivity contribution >= 4 is 11.5 Å². The summed E-state index contributed by atoms with van der Waals surface area (Å²) in [5.74, 6) is 1.58. The summed E-state index contributed by atoms with van der Waals surface area (Å²) in [7, 11) is 2.02. The van der Waals surface area contributed by atoms with Gasteiger partial charge in [0.2, 0.25) is 0 Å².